The number of hydrogen-bond acceptors (Lipinski definition) is 3. The van der Waals surface area contributed by atoms with E-state index in [1.807, 2.05) is 45.0 Å². The smallest absolute Gasteiger partial charge is 0.320 e. The van der Waals surface area contributed by atoms with Gasteiger partial charge in [-0.05, 0) is 45.4 Å². The third-order valence-corrected chi connectivity index (χ3v) is 2.62. The van der Waals surface area contributed by atoms with E-state index in [9.17, 15) is 4.79 Å². The molecule has 0 aliphatic rings. The van der Waals surface area contributed by atoms with E-state index >= 15 is 0 Å². The highest BCUT2D eigenvalue weighted by atomic mass is 16.5. The number of benzene rings is 1. The van der Waals surface area contributed by atoms with Crippen molar-refractivity contribution in [3.8, 4) is 5.75 Å². The first-order chi connectivity index (χ1) is 8.40. The number of nitrogens with one attached hydrogen (secondary N) is 1. The summed E-state index contributed by atoms with van der Waals surface area (Å²) < 4.78 is 5.55. The number of carboxylic acids is 1. The van der Waals surface area contributed by atoms with Crippen LogP contribution in [0, 0.1) is 0 Å². The molecule has 0 spiro atoms. The molecular weight excluding hydrogens is 230 g/mol. The van der Waals surface area contributed by atoms with Gasteiger partial charge in [0.1, 0.15) is 11.8 Å². The summed E-state index contributed by atoms with van der Waals surface area (Å²) in [7, 11) is 0. The van der Waals surface area contributed by atoms with Crippen molar-refractivity contribution >= 4 is 5.97 Å². The number of carboxylic acid groups (broad SMARTS) is 1. The summed E-state index contributed by atoms with van der Waals surface area (Å²) in [5.41, 5.74) is 1.04. The van der Waals surface area contributed by atoms with Crippen LogP contribution >= 0.6 is 0 Å². The molecule has 4 nitrogen and oxygen atoms in total. The molecule has 0 saturated heterocycles. The average molecular weight is 251 g/mol. The highest BCUT2D eigenvalue weighted by molar-refractivity contribution is 5.72. The Kier molecular flexibility index (Phi) is 5.16. The molecule has 1 rings (SSSR count). The summed E-state index contributed by atoms with van der Waals surface area (Å²) in [5.74, 6) is -0.0196. The van der Waals surface area contributed by atoms with Crippen LogP contribution in [-0.2, 0) is 4.79 Å². The lowest BCUT2D eigenvalue weighted by Gasteiger charge is -2.18. The summed E-state index contributed by atoms with van der Waals surface area (Å²) in [6.45, 7) is 7.53. The van der Waals surface area contributed by atoms with Crippen molar-refractivity contribution in [2.75, 3.05) is 0 Å². The van der Waals surface area contributed by atoms with E-state index in [4.69, 9.17) is 9.84 Å². The SMILES string of the molecule is CC(C)Oc1ccc(C(C)NC(C)C(=O)O)cc1. The van der Waals surface area contributed by atoms with E-state index in [1.54, 1.807) is 6.92 Å². The number of carbonyl (C=O) groups is 1. The average Bonchev–Trinajstić information content (AvgIpc) is 2.28. The van der Waals surface area contributed by atoms with Gasteiger partial charge >= 0.3 is 5.97 Å². The lowest BCUT2D eigenvalue weighted by molar-refractivity contribution is -0.139. The van der Waals surface area contributed by atoms with Gasteiger partial charge in [0.2, 0.25) is 0 Å². The summed E-state index contributed by atoms with van der Waals surface area (Å²) in [4.78, 5) is 10.8. The van der Waals surface area contributed by atoms with Gasteiger partial charge in [0.05, 0.1) is 6.10 Å². The highest BCUT2D eigenvalue weighted by Crippen LogP contribution is 2.18. The first-order valence-corrected chi connectivity index (χ1v) is 6.15. The van der Waals surface area contributed by atoms with Crippen LogP contribution in [-0.4, -0.2) is 23.2 Å². The van der Waals surface area contributed by atoms with Crippen LogP contribution in [0.5, 0.6) is 5.75 Å². The fourth-order valence-corrected chi connectivity index (χ4v) is 1.65. The van der Waals surface area contributed by atoms with Gasteiger partial charge in [-0.1, -0.05) is 12.1 Å². The van der Waals surface area contributed by atoms with Gasteiger partial charge in [-0.25, -0.2) is 0 Å². The number of ether oxygens (including phenoxy) is 1. The molecule has 0 aromatic heterocycles. The minimum absolute atomic E-state index is 0.0100. The molecule has 2 unspecified atom stereocenters. The third kappa shape index (κ3) is 4.37. The van der Waals surface area contributed by atoms with Crippen LogP contribution in [0.2, 0.25) is 0 Å². The fraction of sp³-hybridized carbons (Fsp3) is 0.500. The standard InChI is InChI=1S/C14H21NO3/c1-9(2)18-13-7-5-12(6-8-13)10(3)15-11(4)14(16)17/h5-11,15H,1-4H3,(H,16,17). The number of aliphatic carboxylic acids is 1. The van der Waals surface area contributed by atoms with Crippen molar-refractivity contribution in [3.63, 3.8) is 0 Å². The Bertz CT molecular complexity index is 387. The van der Waals surface area contributed by atoms with Crippen molar-refractivity contribution < 1.29 is 14.6 Å². The zero-order chi connectivity index (χ0) is 13.7. The Morgan fingerprint density at radius 1 is 1.17 bits per heavy atom. The second-order valence-electron chi connectivity index (χ2n) is 4.68. The normalized spacial score (nSPS) is 14.3. The Morgan fingerprint density at radius 2 is 1.72 bits per heavy atom. The van der Waals surface area contributed by atoms with Gasteiger partial charge in [-0.15, -0.1) is 0 Å². The van der Waals surface area contributed by atoms with E-state index < -0.39 is 12.0 Å². The van der Waals surface area contributed by atoms with Crippen molar-refractivity contribution in [1.29, 1.82) is 0 Å². The lowest BCUT2D eigenvalue weighted by atomic mass is 10.1. The zero-order valence-electron chi connectivity index (χ0n) is 11.3. The second kappa shape index (κ2) is 6.40. The molecule has 0 aliphatic heterocycles. The molecule has 0 bridgehead atoms. The van der Waals surface area contributed by atoms with Crippen molar-refractivity contribution in [3.05, 3.63) is 29.8 Å². The van der Waals surface area contributed by atoms with E-state index in [0.717, 1.165) is 11.3 Å². The molecule has 18 heavy (non-hydrogen) atoms. The molecule has 0 radical (unpaired) electrons. The number of hydrogen-bond donors (Lipinski definition) is 2. The van der Waals surface area contributed by atoms with Gasteiger partial charge in [-0.2, -0.15) is 0 Å². The topological polar surface area (TPSA) is 58.6 Å². The van der Waals surface area contributed by atoms with Crippen molar-refractivity contribution in [1.82, 2.24) is 5.32 Å². The molecule has 4 heteroatoms. The maximum atomic E-state index is 10.8. The van der Waals surface area contributed by atoms with E-state index in [2.05, 4.69) is 5.32 Å². The minimum atomic E-state index is -0.846. The summed E-state index contributed by atoms with van der Waals surface area (Å²) in [6, 6.07) is 7.13. The molecule has 2 N–H and O–H groups in total. The second-order valence-corrected chi connectivity index (χ2v) is 4.68. The van der Waals surface area contributed by atoms with Gasteiger partial charge in [0.25, 0.3) is 0 Å². The Hall–Kier alpha value is -1.55. The maximum Gasteiger partial charge on any atom is 0.320 e. The fourth-order valence-electron chi connectivity index (χ4n) is 1.65. The Labute approximate surface area is 108 Å². The summed E-state index contributed by atoms with van der Waals surface area (Å²) in [5, 5.41) is 11.9. The minimum Gasteiger partial charge on any atom is -0.491 e. The van der Waals surface area contributed by atoms with Gasteiger partial charge in [0.15, 0.2) is 0 Å². The van der Waals surface area contributed by atoms with E-state index in [1.165, 1.54) is 0 Å². The van der Waals surface area contributed by atoms with Crippen LogP contribution in [0.15, 0.2) is 24.3 Å². The highest BCUT2D eigenvalue weighted by Gasteiger charge is 2.14. The Morgan fingerprint density at radius 3 is 2.17 bits per heavy atom. The molecule has 0 aliphatic carbocycles. The van der Waals surface area contributed by atoms with Crippen LogP contribution in [0.3, 0.4) is 0 Å². The Balaban J connectivity index is 2.64. The molecular formula is C14H21NO3. The predicted molar refractivity (Wildman–Crippen MR) is 70.9 cm³/mol. The molecule has 0 fully saturated rings. The van der Waals surface area contributed by atoms with Gasteiger partial charge in [-0.3, -0.25) is 10.1 Å². The van der Waals surface area contributed by atoms with Crippen LogP contribution in [0.4, 0.5) is 0 Å². The zero-order valence-corrected chi connectivity index (χ0v) is 11.3. The lowest BCUT2D eigenvalue weighted by Crippen LogP contribution is -2.35. The maximum absolute atomic E-state index is 10.8. The molecule has 0 saturated carbocycles. The first-order valence-electron chi connectivity index (χ1n) is 6.15. The first kappa shape index (κ1) is 14.5. The van der Waals surface area contributed by atoms with Crippen LogP contribution in [0.25, 0.3) is 0 Å². The molecule has 100 valence electrons. The summed E-state index contributed by atoms with van der Waals surface area (Å²) in [6.07, 6.45) is 0.151. The third-order valence-electron chi connectivity index (χ3n) is 2.62. The predicted octanol–water partition coefficient (Wildman–Crippen LogP) is 2.60. The van der Waals surface area contributed by atoms with Crippen LogP contribution < -0.4 is 10.1 Å². The van der Waals surface area contributed by atoms with Gasteiger partial charge in [0, 0.05) is 6.04 Å². The quantitative estimate of drug-likeness (QED) is 0.816. The van der Waals surface area contributed by atoms with Crippen molar-refractivity contribution in [2.24, 2.45) is 0 Å². The molecule has 0 heterocycles. The van der Waals surface area contributed by atoms with Crippen LogP contribution in [0.1, 0.15) is 39.3 Å². The largest absolute Gasteiger partial charge is 0.491 e. The van der Waals surface area contributed by atoms with Gasteiger partial charge < -0.3 is 9.84 Å². The molecule has 2 atom stereocenters. The van der Waals surface area contributed by atoms with E-state index in [0.29, 0.717) is 0 Å². The van der Waals surface area contributed by atoms with Crippen molar-refractivity contribution in [2.45, 2.75) is 45.9 Å². The molecule has 0 amide bonds. The van der Waals surface area contributed by atoms with E-state index in [-0.39, 0.29) is 12.1 Å². The summed E-state index contributed by atoms with van der Waals surface area (Å²) >= 11 is 0. The number of rotatable bonds is 6. The monoisotopic (exact) mass is 251 g/mol. The molecule has 1 aromatic carbocycles. The molecule has 1 aromatic rings.